The van der Waals surface area contributed by atoms with Gasteiger partial charge in [-0.25, -0.2) is 19.3 Å². The van der Waals surface area contributed by atoms with Gasteiger partial charge in [-0.05, 0) is 126 Å². The fraction of sp³-hybridized carbons (Fsp3) is 0. The van der Waals surface area contributed by atoms with Crippen LogP contribution in [0.5, 0.6) is 11.5 Å². The Morgan fingerprint density at radius 3 is 1.39 bits per heavy atom. The molecule has 0 spiro atoms. The van der Waals surface area contributed by atoms with Gasteiger partial charge in [-0.3, -0.25) is 15.0 Å². The Bertz CT molecular complexity index is 3630. The number of ether oxygens (including phenoxy) is 1. The summed E-state index contributed by atoms with van der Waals surface area (Å²) in [4.78, 5) is 22.8. The molecule has 6 heterocycles. The fourth-order valence-electron chi connectivity index (χ4n) is 8.70. The van der Waals surface area contributed by atoms with Crippen molar-refractivity contribution >= 4 is 0 Å². The monoisotopic (exact) mass is 917 g/mol. The molecule has 336 valence electrons. The van der Waals surface area contributed by atoms with Crippen LogP contribution in [0.4, 0.5) is 0 Å². The minimum absolute atomic E-state index is 0.588. The van der Waals surface area contributed by atoms with Crippen LogP contribution in [0.25, 0.3) is 101 Å². The van der Waals surface area contributed by atoms with Crippen LogP contribution in [0.3, 0.4) is 0 Å². The van der Waals surface area contributed by atoms with Gasteiger partial charge >= 0.3 is 0 Å². The molecule has 0 aliphatic heterocycles. The highest BCUT2D eigenvalue weighted by Crippen LogP contribution is 2.43. The Kier molecular flexibility index (Phi) is 11.3. The average Bonchev–Trinajstić information content (AvgIpc) is 4.16. The smallest absolute Gasteiger partial charge is 0.159 e. The molecule has 0 fully saturated rings. The average molecular weight is 918 g/mol. The zero-order valence-corrected chi connectivity index (χ0v) is 37.8. The molecule has 0 saturated carbocycles. The van der Waals surface area contributed by atoms with E-state index in [9.17, 15) is 0 Å². The second kappa shape index (κ2) is 18.9. The van der Waals surface area contributed by atoms with E-state index in [1.807, 2.05) is 161 Å². The van der Waals surface area contributed by atoms with Gasteiger partial charge in [-0.2, -0.15) is 0 Å². The maximum atomic E-state index is 6.92. The zero-order valence-electron chi connectivity index (χ0n) is 37.8. The molecule has 6 aromatic heterocycles. The molecular weight excluding hydrogens is 879 g/mol. The van der Waals surface area contributed by atoms with Gasteiger partial charge < -0.3 is 4.74 Å². The lowest BCUT2D eigenvalue weighted by atomic mass is 9.90. The van der Waals surface area contributed by atoms with Gasteiger partial charge in [0.25, 0.3) is 0 Å². The normalized spacial score (nSPS) is 11.1. The van der Waals surface area contributed by atoms with Crippen molar-refractivity contribution < 1.29 is 4.74 Å². The first-order chi connectivity index (χ1) is 35.2. The third-order valence-electron chi connectivity index (χ3n) is 12.1. The molecular formula is C59H39N11O. The van der Waals surface area contributed by atoms with Crippen molar-refractivity contribution in [3.8, 4) is 113 Å². The maximum Gasteiger partial charge on any atom is 0.159 e. The maximum absolute atomic E-state index is 6.92. The fourth-order valence-corrected chi connectivity index (χ4v) is 8.70. The van der Waals surface area contributed by atoms with Gasteiger partial charge in [-0.15, -0.1) is 10.2 Å². The van der Waals surface area contributed by atoms with Crippen LogP contribution in [0.2, 0.25) is 0 Å². The van der Waals surface area contributed by atoms with E-state index in [4.69, 9.17) is 4.74 Å². The van der Waals surface area contributed by atoms with Crippen molar-refractivity contribution in [1.82, 2.24) is 54.9 Å². The van der Waals surface area contributed by atoms with Crippen molar-refractivity contribution in [2.75, 3.05) is 0 Å². The molecule has 0 bridgehead atoms. The van der Waals surface area contributed by atoms with Crippen LogP contribution in [0.15, 0.2) is 238 Å². The highest BCUT2D eigenvalue weighted by Gasteiger charge is 2.20. The molecule has 0 amide bonds. The largest absolute Gasteiger partial charge is 0.457 e. The van der Waals surface area contributed by atoms with Crippen molar-refractivity contribution in [3.63, 3.8) is 0 Å². The molecule has 0 atom stereocenters. The number of benzene rings is 6. The molecule has 71 heavy (non-hydrogen) atoms. The van der Waals surface area contributed by atoms with E-state index >= 15 is 0 Å². The second-order valence-electron chi connectivity index (χ2n) is 16.6. The summed E-state index contributed by atoms with van der Waals surface area (Å²) in [5, 5.41) is 18.2. The van der Waals surface area contributed by atoms with E-state index in [1.165, 1.54) is 0 Å². The van der Waals surface area contributed by atoms with Crippen LogP contribution in [0.1, 0.15) is 0 Å². The standard InChI is InChI=1S/C59H39N11O/c1-2-14-51(52-27-22-43(59-63-31-10-32-64-59)37-58(52)71-49-12-9-11-42(36-49)55-17-5-8-30-62-55)50(13-1)44-33-45(56-38-65-67-69(56)47-23-18-40(19-24-47)53-15-3-6-28-60-53)35-46(34-44)57-39-66-68-70(57)48-25-20-41(21-26-48)54-16-4-7-29-61-54/h1-39H. The highest BCUT2D eigenvalue weighted by molar-refractivity contribution is 5.90. The van der Waals surface area contributed by atoms with E-state index in [2.05, 4.69) is 88.0 Å². The Morgan fingerprint density at radius 1 is 0.324 bits per heavy atom. The highest BCUT2D eigenvalue weighted by atomic mass is 16.5. The minimum atomic E-state index is 0.588. The number of hydrogen-bond acceptors (Lipinski definition) is 10. The second-order valence-corrected chi connectivity index (χ2v) is 16.6. The van der Waals surface area contributed by atoms with Crippen LogP contribution in [-0.2, 0) is 0 Å². The van der Waals surface area contributed by atoms with E-state index < -0.39 is 0 Å². The quantitative estimate of drug-likeness (QED) is 0.116. The van der Waals surface area contributed by atoms with Gasteiger partial charge in [0.05, 0.1) is 52.2 Å². The van der Waals surface area contributed by atoms with Crippen molar-refractivity contribution in [2.24, 2.45) is 0 Å². The first-order valence-corrected chi connectivity index (χ1v) is 22.9. The van der Waals surface area contributed by atoms with Crippen LogP contribution in [0, 0.1) is 0 Å². The number of aromatic nitrogens is 11. The van der Waals surface area contributed by atoms with E-state index in [0.29, 0.717) is 17.3 Å². The van der Waals surface area contributed by atoms with Gasteiger partial charge in [-0.1, -0.05) is 95.4 Å². The Labute approximate surface area is 408 Å². The first-order valence-electron chi connectivity index (χ1n) is 22.9. The molecule has 12 rings (SSSR count). The molecule has 0 saturated heterocycles. The molecule has 0 aliphatic rings. The predicted molar refractivity (Wildman–Crippen MR) is 275 cm³/mol. The van der Waals surface area contributed by atoms with Crippen molar-refractivity contribution in [2.45, 2.75) is 0 Å². The van der Waals surface area contributed by atoms with Gasteiger partial charge in [0.1, 0.15) is 11.5 Å². The zero-order chi connectivity index (χ0) is 47.3. The third kappa shape index (κ3) is 8.71. The number of hydrogen-bond donors (Lipinski definition) is 0. The van der Waals surface area contributed by atoms with Crippen LogP contribution in [-0.4, -0.2) is 54.9 Å². The summed E-state index contributed by atoms with van der Waals surface area (Å²) in [5.41, 5.74) is 15.1. The summed E-state index contributed by atoms with van der Waals surface area (Å²) < 4.78 is 10.6. The van der Waals surface area contributed by atoms with E-state index in [-0.39, 0.29) is 0 Å². The first kappa shape index (κ1) is 42.3. The van der Waals surface area contributed by atoms with Gasteiger partial charge in [0, 0.05) is 69.9 Å². The molecule has 0 unspecified atom stereocenters. The Hall–Kier alpha value is -10.1. The van der Waals surface area contributed by atoms with Gasteiger partial charge in [0.15, 0.2) is 5.82 Å². The molecule has 0 aliphatic carbocycles. The molecule has 12 aromatic rings. The lowest BCUT2D eigenvalue weighted by Crippen LogP contribution is -2.02. The van der Waals surface area contributed by atoms with E-state index in [0.717, 1.165) is 95.5 Å². The summed E-state index contributed by atoms with van der Waals surface area (Å²) in [6.45, 7) is 0. The molecule has 12 nitrogen and oxygen atoms in total. The molecule has 6 aromatic carbocycles. The van der Waals surface area contributed by atoms with Crippen molar-refractivity contribution in [1.29, 1.82) is 0 Å². The predicted octanol–water partition coefficient (Wildman–Crippen LogP) is 13.0. The van der Waals surface area contributed by atoms with Crippen LogP contribution < -0.4 is 4.74 Å². The summed E-state index contributed by atoms with van der Waals surface area (Å²) in [6.07, 6.45) is 12.5. The number of pyridine rings is 3. The lowest BCUT2D eigenvalue weighted by molar-refractivity contribution is 0.485. The molecule has 0 N–H and O–H groups in total. The van der Waals surface area contributed by atoms with Crippen molar-refractivity contribution in [3.05, 3.63) is 238 Å². The SMILES string of the molecule is c1ccc(-c2ccc(-n3nncc3-c3cc(-c4ccccc4-c4ccc(-c5ncccn5)cc4Oc4cccc(-c5ccccn5)c4)cc(-c4cnnn4-c4ccc(-c5ccccn5)cc4)c3)cc2)nc1. The third-order valence-corrected chi connectivity index (χ3v) is 12.1. The molecule has 0 radical (unpaired) electrons. The number of rotatable bonds is 12. The lowest BCUT2D eigenvalue weighted by Gasteiger charge is -2.18. The number of nitrogens with zero attached hydrogens (tertiary/aromatic N) is 11. The Morgan fingerprint density at radius 2 is 0.831 bits per heavy atom. The van der Waals surface area contributed by atoms with E-state index in [1.54, 1.807) is 43.4 Å². The van der Waals surface area contributed by atoms with Crippen LogP contribution >= 0.6 is 0 Å². The minimum Gasteiger partial charge on any atom is -0.457 e. The summed E-state index contributed by atoms with van der Waals surface area (Å²) in [7, 11) is 0. The summed E-state index contributed by atoms with van der Waals surface area (Å²) in [5.74, 6) is 1.87. The summed E-state index contributed by atoms with van der Waals surface area (Å²) >= 11 is 0. The van der Waals surface area contributed by atoms with Gasteiger partial charge in [0.2, 0.25) is 0 Å². The Balaban J connectivity index is 1.00. The molecule has 12 heteroatoms. The summed E-state index contributed by atoms with van der Waals surface area (Å²) in [6, 6.07) is 64.8. The topological polar surface area (TPSA) is 135 Å².